The van der Waals surface area contributed by atoms with Gasteiger partial charge in [0.2, 0.25) is 5.95 Å². The molecule has 1 aromatic heterocycles. The van der Waals surface area contributed by atoms with E-state index in [9.17, 15) is 0 Å². The molecule has 4 nitrogen and oxygen atoms in total. The van der Waals surface area contributed by atoms with Crippen molar-refractivity contribution in [2.75, 3.05) is 25.0 Å². The van der Waals surface area contributed by atoms with Crippen molar-refractivity contribution in [2.45, 2.75) is 45.7 Å². The summed E-state index contributed by atoms with van der Waals surface area (Å²) in [5.74, 6) is 1.93. The maximum Gasteiger partial charge on any atom is 0.203 e. The highest BCUT2D eigenvalue weighted by atomic mass is 15.3. The fraction of sp³-hybridized carbons (Fsp3) is 0.786. The summed E-state index contributed by atoms with van der Waals surface area (Å²) in [6.07, 6.45) is 6.02. The maximum absolute atomic E-state index is 4.64. The number of aromatic nitrogens is 2. The Kier molecular flexibility index (Phi) is 3.29. The highest BCUT2D eigenvalue weighted by Crippen LogP contribution is 2.29. The van der Waals surface area contributed by atoms with Gasteiger partial charge in [0.1, 0.15) is 0 Å². The first-order valence-electron chi connectivity index (χ1n) is 7.29. The Labute approximate surface area is 109 Å². The van der Waals surface area contributed by atoms with E-state index in [4.69, 9.17) is 0 Å². The maximum atomic E-state index is 4.64. The molecule has 3 aliphatic heterocycles. The summed E-state index contributed by atoms with van der Waals surface area (Å²) in [6.45, 7) is 9.14. The molecule has 0 aliphatic carbocycles. The van der Waals surface area contributed by atoms with Gasteiger partial charge in [0.15, 0.2) is 0 Å². The van der Waals surface area contributed by atoms with Gasteiger partial charge in [-0.3, -0.25) is 0 Å². The molecular formula is C14H24N4. The van der Waals surface area contributed by atoms with Crippen molar-refractivity contribution in [1.82, 2.24) is 14.5 Å². The molecule has 100 valence electrons. The Morgan fingerprint density at radius 2 is 2.17 bits per heavy atom. The summed E-state index contributed by atoms with van der Waals surface area (Å²) >= 11 is 0. The van der Waals surface area contributed by atoms with Crippen molar-refractivity contribution in [3.8, 4) is 0 Å². The molecule has 1 unspecified atom stereocenters. The molecule has 0 saturated carbocycles. The Morgan fingerprint density at radius 1 is 1.39 bits per heavy atom. The lowest BCUT2D eigenvalue weighted by Crippen LogP contribution is -2.53. The van der Waals surface area contributed by atoms with Crippen LogP contribution in [0, 0.1) is 12.8 Å². The smallest absolute Gasteiger partial charge is 0.203 e. The average molecular weight is 248 g/mol. The highest BCUT2D eigenvalue weighted by molar-refractivity contribution is 5.31. The third-order valence-electron chi connectivity index (χ3n) is 4.33. The quantitative estimate of drug-likeness (QED) is 0.886. The van der Waals surface area contributed by atoms with E-state index in [0.717, 1.165) is 30.5 Å². The Balaban J connectivity index is 1.72. The second-order valence-electron chi connectivity index (χ2n) is 5.79. The molecule has 2 bridgehead atoms. The van der Waals surface area contributed by atoms with Crippen molar-refractivity contribution in [1.29, 1.82) is 0 Å². The average Bonchev–Trinajstić information content (AvgIpc) is 2.71. The topological polar surface area (TPSA) is 33.1 Å². The summed E-state index contributed by atoms with van der Waals surface area (Å²) in [6, 6.07) is 0.602. The second kappa shape index (κ2) is 4.92. The number of fused-ring (bicyclic) bond motifs is 3. The molecule has 1 atom stereocenters. The van der Waals surface area contributed by atoms with E-state index in [-0.39, 0.29) is 0 Å². The standard InChI is InChI=1S/C14H24N4/c1-3-6-18-9-11(2)15-14(18)16-13-10-17-7-4-12(13)5-8-17/h9,12-13H,3-8,10H2,1-2H3,(H,15,16). The molecule has 0 spiro atoms. The molecule has 1 N–H and O–H groups in total. The van der Waals surface area contributed by atoms with Crippen molar-refractivity contribution in [2.24, 2.45) is 5.92 Å². The largest absolute Gasteiger partial charge is 0.351 e. The number of anilines is 1. The zero-order chi connectivity index (χ0) is 12.5. The number of nitrogens with one attached hydrogen (secondary N) is 1. The third-order valence-corrected chi connectivity index (χ3v) is 4.33. The van der Waals surface area contributed by atoms with E-state index in [1.807, 2.05) is 0 Å². The first-order valence-corrected chi connectivity index (χ1v) is 7.29. The van der Waals surface area contributed by atoms with Crippen LogP contribution in [-0.4, -0.2) is 40.1 Å². The van der Waals surface area contributed by atoms with Crippen molar-refractivity contribution < 1.29 is 0 Å². The first kappa shape index (κ1) is 12.0. The van der Waals surface area contributed by atoms with Gasteiger partial charge < -0.3 is 14.8 Å². The van der Waals surface area contributed by atoms with Crippen LogP contribution in [0.5, 0.6) is 0 Å². The van der Waals surface area contributed by atoms with Crippen LogP contribution in [0.15, 0.2) is 6.20 Å². The molecular weight excluding hydrogens is 224 g/mol. The van der Waals surface area contributed by atoms with Crippen LogP contribution in [-0.2, 0) is 6.54 Å². The molecule has 4 heterocycles. The monoisotopic (exact) mass is 248 g/mol. The van der Waals surface area contributed by atoms with Gasteiger partial charge in [0.05, 0.1) is 5.69 Å². The fourth-order valence-electron chi connectivity index (χ4n) is 3.37. The lowest BCUT2D eigenvalue weighted by molar-refractivity contribution is 0.0970. The zero-order valence-corrected chi connectivity index (χ0v) is 11.5. The number of hydrogen-bond donors (Lipinski definition) is 1. The Bertz CT molecular complexity index is 404. The van der Waals surface area contributed by atoms with Gasteiger partial charge in [0.25, 0.3) is 0 Å². The van der Waals surface area contributed by atoms with E-state index < -0.39 is 0 Å². The van der Waals surface area contributed by atoms with Crippen molar-refractivity contribution in [3.63, 3.8) is 0 Å². The molecule has 4 heteroatoms. The Hall–Kier alpha value is -1.03. The van der Waals surface area contributed by atoms with Gasteiger partial charge in [-0.15, -0.1) is 0 Å². The van der Waals surface area contributed by atoms with Crippen molar-refractivity contribution >= 4 is 5.95 Å². The molecule has 1 aromatic rings. The molecule has 0 aromatic carbocycles. The van der Waals surface area contributed by atoms with Gasteiger partial charge in [-0.1, -0.05) is 6.92 Å². The minimum Gasteiger partial charge on any atom is -0.351 e. The number of hydrogen-bond acceptors (Lipinski definition) is 3. The van der Waals surface area contributed by atoms with Crippen molar-refractivity contribution in [3.05, 3.63) is 11.9 Å². The molecule has 4 rings (SSSR count). The van der Waals surface area contributed by atoms with E-state index in [1.54, 1.807) is 0 Å². The number of nitrogens with zero attached hydrogens (tertiary/aromatic N) is 3. The lowest BCUT2D eigenvalue weighted by Gasteiger charge is -2.45. The summed E-state index contributed by atoms with van der Waals surface area (Å²) in [5, 5.41) is 3.70. The third kappa shape index (κ3) is 2.26. The first-order chi connectivity index (χ1) is 8.76. The number of rotatable bonds is 4. The SMILES string of the molecule is CCCn1cc(C)nc1NC1CN2CCC1CC2. The zero-order valence-electron chi connectivity index (χ0n) is 11.5. The van der Waals surface area contributed by atoms with E-state index in [2.05, 4.69) is 39.8 Å². The summed E-state index contributed by atoms with van der Waals surface area (Å²) < 4.78 is 2.27. The molecule has 0 amide bonds. The molecule has 3 saturated heterocycles. The van der Waals surface area contributed by atoms with E-state index in [0.29, 0.717) is 6.04 Å². The van der Waals surface area contributed by atoms with Crippen LogP contribution < -0.4 is 5.32 Å². The fourth-order valence-corrected chi connectivity index (χ4v) is 3.37. The normalized spacial score (nSPS) is 30.7. The van der Waals surface area contributed by atoms with Gasteiger partial charge in [-0.05, 0) is 45.2 Å². The predicted molar refractivity (Wildman–Crippen MR) is 73.8 cm³/mol. The summed E-state index contributed by atoms with van der Waals surface area (Å²) in [4.78, 5) is 7.22. The van der Waals surface area contributed by atoms with Crippen LogP contribution in [0.25, 0.3) is 0 Å². The van der Waals surface area contributed by atoms with Gasteiger partial charge >= 0.3 is 0 Å². The van der Waals surface area contributed by atoms with Crippen LogP contribution in [0.4, 0.5) is 5.95 Å². The lowest BCUT2D eigenvalue weighted by atomic mass is 9.84. The predicted octanol–water partition coefficient (Wildman–Crippen LogP) is 2.11. The van der Waals surface area contributed by atoms with Crippen LogP contribution >= 0.6 is 0 Å². The van der Waals surface area contributed by atoms with Crippen LogP contribution in [0.3, 0.4) is 0 Å². The summed E-state index contributed by atoms with van der Waals surface area (Å²) in [7, 11) is 0. The number of aryl methyl sites for hydroxylation is 2. The van der Waals surface area contributed by atoms with Gasteiger partial charge in [-0.25, -0.2) is 4.98 Å². The van der Waals surface area contributed by atoms with Gasteiger partial charge in [0, 0.05) is 25.3 Å². The molecule has 0 radical (unpaired) electrons. The van der Waals surface area contributed by atoms with Crippen LogP contribution in [0.1, 0.15) is 31.9 Å². The number of imidazole rings is 1. The molecule has 3 fully saturated rings. The van der Waals surface area contributed by atoms with E-state index in [1.165, 1.54) is 32.5 Å². The minimum atomic E-state index is 0.602. The van der Waals surface area contributed by atoms with E-state index >= 15 is 0 Å². The molecule has 3 aliphatic rings. The summed E-state index contributed by atoms with van der Waals surface area (Å²) in [5.41, 5.74) is 1.12. The Morgan fingerprint density at radius 3 is 2.78 bits per heavy atom. The number of piperidine rings is 3. The second-order valence-corrected chi connectivity index (χ2v) is 5.79. The van der Waals surface area contributed by atoms with Gasteiger partial charge in [-0.2, -0.15) is 0 Å². The molecule has 18 heavy (non-hydrogen) atoms. The minimum absolute atomic E-state index is 0.602. The van der Waals surface area contributed by atoms with Crippen LogP contribution in [0.2, 0.25) is 0 Å². The highest BCUT2D eigenvalue weighted by Gasteiger charge is 2.34.